The topological polar surface area (TPSA) is 59.8 Å². The molecule has 0 spiro atoms. The summed E-state index contributed by atoms with van der Waals surface area (Å²) < 4.78 is 14.0. The number of nitrogens with zero attached hydrogens (tertiary/aromatic N) is 2. The molecule has 6 nitrogen and oxygen atoms in total. The van der Waals surface area contributed by atoms with Gasteiger partial charge in [-0.05, 0) is 61.1 Å². The molecule has 192 valence electrons. The zero-order valence-corrected chi connectivity index (χ0v) is 22.0. The number of hydrogen-bond acceptors (Lipinski definition) is 4. The Morgan fingerprint density at radius 1 is 0.865 bits per heavy atom. The van der Waals surface area contributed by atoms with E-state index in [2.05, 4.69) is 45.7 Å². The van der Waals surface area contributed by atoms with E-state index in [4.69, 9.17) is 21.7 Å². The molecule has 0 bridgehead atoms. The number of anilines is 1. The van der Waals surface area contributed by atoms with E-state index < -0.39 is 0 Å². The molecular formula is C30H34N4O2S. The Balaban J connectivity index is 1.29. The van der Waals surface area contributed by atoms with E-state index in [0.29, 0.717) is 18.3 Å². The SMILES string of the molecule is CCCCCCOc1ccc(OCCn2cc(/C=N/NC(=S)Nc3ccccc3)c3ccccc32)cc1. The van der Waals surface area contributed by atoms with Crippen LogP contribution in [0.3, 0.4) is 0 Å². The predicted octanol–water partition coefficient (Wildman–Crippen LogP) is 7.00. The van der Waals surface area contributed by atoms with E-state index in [1.54, 1.807) is 6.21 Å². The number of hydrogen-bond donors (Lipinski definition) is 2. The highest BCUT2D eigenvalue weighted by atomic mass is 32.1. The summed E-state index contributed by atoms with van der Waals surface area (Å²) >= 11 is 5.33. The van der Waals surface area contributed by atoms with Gasteiger partial charge in [0.25, 0.3) is 0 Å². The molecule has 7 heteroatoms. The monoisotopic (exact) mass is 514 g/mol. The second-order valence-corrected chi connectivity index (χ2v) is 9.12. The van der Waals surface area contributed by atoms with E-state index in [1.165, 1.54) is 19.3 Å². The Kier molecular flexibility index (Phi) is 9.95. The first-order valence-corrected chi connectivity index (χ1v) is 13.2. The summed E-state index contributed by atoms with van der Waals surface area (Å²) in [4.78, 5) is 0. The van der Waals surface area contributed by atoms with Crippen molar-refractivity contribution in [3.8, 4) is 11.5 Å². The molecule has 0 fully saturated rings. The molecule has 4 rings (SSSR count). The summed E-state index contributed by atoms with van der Waals surface area (Å²) in [5, 5.41) is 9.01. The zero-order chi connectivity index (χ0) is 25.7. The van der Waals surface area contributed by atoms with Gasteiger partial charge >= 0.3 is 0 Å². The lowest BCUT2D eigenvalue weighted by molar-refractivity contribution is 0.294. The number of benzene rings is 3. The highest BCUT2D eigenvalue weighted by Gasteiger charge is 2.07. The molecule has 0 aliphatic heterocycles. The molecule has 1 aromatic heterocycles. The van der Waals surface area contributed by atoms with Crippen LogP contribution in [-0.2, 0) is 6.54 Å². The Morgan fingerprint density at radius 2 is 1.57 bits per heavy atom. The molecule has 0 atom stereocenters. The van der Waals surface area contributed by atoms with E-state index >= 15 is 0 Å². The first-order chi connectivity index (χ1) is 18.2. The van der Waals surface area contributed by atoms with Gasteiger partial charge in [-0.2, -0.15) is 5.10 Å². The minimum Gasteiger partial charge on any atom is -0.494 e. The second kappa shape index (κ2) is 14.0. The molecule has 0 aliphatic carbocycles. The summed E-state index contributed by atoms with van der Waals surface area (Å²) in [5.41, 5.74) is 5.94. The number of rotatable bonds is 13. The van der Waals surface area contributed by atoms with Crippen LogP contribution in [0, 0.1) is 0 Å². The summed E-state index contributed by atoms with van der Waals surface area (Å²) in [7, 11) is 0. The van der Waals surface area contributed by atoms with Crippen molar-refractivity contribution in [1.29, 1.82) is 0 Å². The second-order valence-electron chi connectivity index (χ2n) is 8.71. The number of hydrazone groups is 1. The van der Waals surface area contributed by atoms with Gasteiger partial charge in [0.1, 0.15) is 18.1 Å². The quantitative estimate of drug-likeness (QED) is 0.0871. The van der Waals surface area contributed by atoms with Crippen LogP contribution in [0.4, 0.5) is 5.69 Å². The summed E-state index contributed by atoms with van der Waals surface area (Å²) in [6.45, 7) is 4.24. The van der Waals surface area contributed by atoms with E-state index in [9.17, 15) is 0 Å². The Labute approximate surface area is 224 Å². The largest absolute Gasteiger partial charge is 0.494 e. The number of ether oxygens (including phenoxy) is 2. The van der Waals surface area contributed by atoms with Gasteiger partial charge in [0.15, 0.2) is 5.11 Å². The molecule has 0 unspecified atom stereocenters. The average molecular weight is 515 g/mol. The molecule has 0 saturated heterocycles. The summed E-state index contributed by atoms with van der Waals surface area (Å²) in [6.07, 6.45) is 8.68. The van der Waals surface area contributed by atoms with Crippen molar-refractivity contribution in [3.05, 3.63) is 90.6 Å². The maximum absolute atomic E-state index is 6.00. The highest BCUT2D eigenvalue weighted by Crippen LogP contribution is 2.21. The van der Waals surface area contributed by atoms with Crippen molar-refractivity contribution in [3.63, 3.8) is 0 Å². The minimum atomic E-state index is 0.437. The lowest BCUT2D eigenvalue weighted by Gasteiger charge is -2.10. The fraction of sp³-hybridized carbons (Fsp3) is 0.267. The van der Waals surface area contributed by atoms with Gasteiger partial charge in [0.2, 0.25) is 0 Å². The lowest BCUT2D eigenvalue weighted by atomic mass is 10.2. The molecule has 3 aromatic carbocycles. The average Bonchev–Trinajstić information content (AvgIpc) is 3.27. The third-order valence-corrected chi connectivity index (χ3v) is 6.11. The van der Waals surface area contributed by atoms with Crippen molar-refractivity contribution in [1.82, 2.24) is 9.99 Å². The fourth-order valence-electron chi connectivity index (χ4n) is 4.02. The number of unbranched alkanes of at least 4 members (excludes halogenated alkanes) is 3. The van der Waals surface area contributed by atoms with E-state index in [-0.39, 0.29) is 0 Å². The van der Waals surface area contributed by atoms with E-state index in [0.717, 1.165) is 46.7 Å². The maximum atomic E-state index is 6.00. The molecule has 37 heavy (non-hydrogen) atoms. The van der Waals surface area contributed by atoms with Crippen molar-refractivity contribution in [2.75, 3.05) is 18.5 Å². The first-order valence-electron chi connectivity index (χ1n) is 12.8. The van der Waals surface area contributed by atoms with Crippen LogP contribution in [0.1, 0.15) is 38.2 Å². The van der Waals surface area contributed by atoms with E-state index in [1.807, 2.05) is 66.7 Å². The normalized spacial score (nSPS) is 11.1. The predicted molar refractivity (Wildman–Crippen MR) is 157 cm³/mol. The number of para-hydroxylation sites is 2. The smallest absolute Gasteiger partial charge is 0.191 e. The minimum absolute atomic E-state index is 0.437. The van der Waals surface area contributed by atoms with Crippen LogP contribution in [0.15, 0.2) is 90.2 Å². The van der Waals surface area contributed by atoms with Crippen LogP contribution in [0.25, 0.3) is 10.9 Å². The van der Waals surface area contributed by atoms with Gasteiger partial charge < -0.3 is 19.4 Å². The van der Waals surface area contributed by atoms with Crippen LogP contribution in [-0.4, -0.2) is 29.1 Å². The Hall–Kier alpha value is -3.84. The van der Waals surface area contributed by atoms with Crippen molar-refractivity contribution >= 4 is 40.1 Å². The number of nitrogens with one attached hydrogen (secondary N) is 2. The summed E-state index contributed by atoms with van der Waals surface area (Å²) in [6, 6.07) is 25.9. The lowest BCUT2D eigenvalue weighted by Crippen LogP contribution is -2.23. The van der Waals surface area contributed by atoms with Crippen molar-refractivity contribution in [2.45, 2.75) is 39.2 Å². The molecule has 0 aliphatic rings. The zero-order valence-electron chi connectivity index (χ0n) is 21.2. The van der Waals surface area contributed by atoms with Gasteiger partial charge in [-0.3, -0.25) is 5.43 Å². The van der Waals surface area contributed by atoms with Crippen LogP contribution >= 0.6 is 12.2 Å². The molecule has 1 heterocycles. The summed E-state index contributed by atoms with van der Waals surface area (Å²) in [5.74, 6) is 1.72. The van der Waals surface area contributed by atoms with Crippen molar-refractivity contribution < 1.29 is 9.47 Å². The van der Waals surface area contributed by atoms with Crippen LogP contribution < -0.4 is 20.2 Å². The molecule has 0 saturated carbocycles. The van der Waals surface area contributed by atoms with Gasteiger partial charge in [-0.15, -0.1) is 0 Å². The third-order valence-electron chi connectivity index (χ3n) is 5.91. The maximum Gasteiger partial charge on any atom is 0.191 e. The third kappa shape index (κ3) is 8.08. The number of fused-ring (bicyclic) bond motifs is 1. The van der Waals surface area contributed by atoms with Gasteiger partial charge in [0.05, 0.1) is 19.4 Å². The molecule has 4 aromatic rings. The standard InChI is InChI=1S/C30H34N4O2S/c1-2-3-4-10-20-35-26-15-17-27(18-16-26)36-21-19-34-23-24(28-13-8-9-14-29(28)34)22-31-33-30(37)32-25-11-6-5-7-12-25/h5-9,11-18,22-23H,2-4,10,19-21H2,1H3,(H2,32,33,37)/b31-22+. The Morgan fingerprint density at radius 3 is 2.32 bits per heavy atom. The highest BCUT2D eigenvalue weighted by molar-refractivity contribution is 7.80. The molecular weight excluding hydrogens is 480 g/mol. The molecule has 2 N–H and O–H groups in total. The van der Waals surface area contributed by atoms with Crippen molar-refractivity contribution in [2.24, 2.45) is 5.10 Å². The van der Waals surface area contributed by atoms with Gasteiger partial charge in [-0.25, -0.2) is 0 Å². The van der Waals surface area contributed by atoms with Crippen LogP contribution in [0.5, 0.6) is 11.5 Å². The Bertz CT molecular complexity index is 1290. The first kappa shape index (κ1) is 26.2. The van der Waals surface area contributed by atoms with Gasteiger partial charge in [-0.1, -0.05) is 62.6 Å². The van der Waals surface area contributed by atoms with Crippen LogP contribution in [0.2, 0.25) is 0 Å². The fourth-order valence-corrected chi connectivity index (χ4v) is 4.19. The molecule has 0 amide bonds. The number of aromatic nitrogens is 1. The van der Waals surface area contributed by atoms with Gasteiger partial charge in [0, 0.05) is 28.4 Å². The molecule has 0 radical (unpaired) electrons. The number of thiocarbonyl (C=S) groups is 1.